The van der Waals surface area contributed by atoms with Gasteiger partial charge in [0.25, 0.3) is 10.1 Å². The second-order valence-corrected chi connectivity index (χ2v) is 4.44. The zero-order valence-electron chi connectivity index (χ0n) is 8.71. The third kappa shape index (κ3) is 3.37. The molecule has 1 aromatic rings. The molecule has 0 fully saturated rings. The van der Waals surface area contributed by atoms with E-state index in [-0.39, 0.29) is 10.6 Å². The van der Waals surface area contributed by atoms with Crippen LogP contribution in [-0.2, 0) is 14.9 Å². The van der Waals surface area contributed by atoms with Crippen molar-refractivity contribution in [3.05, 3.63) is 18.2 Å². The number of rotatable bonds is 5. The van der Waals surface area contributed by atoms with Crippen LogP contribution >= 0.6 is 0 Å². The van der Waals surface area contributed by atoms with Gasteiger partial charge in [-0.05, 0) is 18.2 Å². The van der Waals surface area contributed by atoms with E-state index in [0.29, 0.717) is 19.0 Å². The van der Waals surface area contributed by atoms with Crippen molar-refractivity contribution in [2.45, 2.75) is 4.90 Å². The molecule has 0 unspecified atom stereocenters. The highest BCUT2D eigenvalue weighted by Gasteiger charge is 2.11. The molecule has 1 aromatic carbocycles. The maximum Gasteiger partial charge on any atom is 0.294 e. The highest BCUT2D eigenvalue weighted by Crippen LogP contribution is 2.24. The molecule has 0 aliphatic carbocycles. The Morgan fingerprint density at radius 3 is 2.56 bits per heavy atom. The van der Waals surface area contributed by atoms with E-state index in [1.807, 2.05) is 0 Å². The highest BCUT2D eigenvalue weighted by atomic mass is 32.2. The van der Waals surface area contributed by atoms with Crippen molar-refractivity contribution in [3.63, 3.8) is 0 Å². The van der Waals surface area contributed by atoms with Gasteiger partial charge < -0.3 is 15.2 Å². The first kappa shape index (κ1) is 12.8. The monoisotopic (exact) mass is 247 g/mol. The molecular weight excluding hydrogens is 234 g/mol. The Kier molecular flexibility index (Phi) is 4.11. The number of ether oxygens (including phenoxy) is 2. The largest absolute Gasteiger partial charge is 0.489 e. The third-order valence-corrected chi connectivity index (χ3v) is 2.67. The normalized spacial score (nSPS) is 11.4. The Labute approximate surface area is 93.7 Å². The van der Waals surface area contributed by atoms with Crippen molar-refractivity contribution < 1.29 is 22.4 Å². The second-order valence-electron chi connectivity index (χ2n) is 3.02. The molecule has 0 aromatic heterocycles. The number of methoxy groups -OCH3 is 1. The average molecular weight is 247 g/mol. The maximum atomic E-state index is 10.8. The molecule has 0 radical (unpaired) electrons. The number of nitrogen functional groups attached to an aromatic ring is 1. The SMILES string of the molecule is COCCOc1ccc(S(=O)(=O)O)cc1N. The first-order chi connectivity index (χ1) is 7.45. The lowest BCUT2D eigenvalue weighted by Crippen LogP contribution is -2.07. The quantitative estimate of drug-likeness (QED) is 0.447. The lowest BCUT2D eigenvalue weighted by atomic mass is 10.3. The minimum absolute atomic E-state index is 0.145. The lowest BCUT2D eigenvalue weighted by Gasteiger charge is -2.08. The van der Waals surface area contributed by atoms with Gasteiger partial charge in [-0.15, -0.1) is 0 Å². The number of nitrogens with two attached hydrogens (primary N) is 1. The van der Waals surface area contributed by atoms with Crippen LogP contribution in [0, 0.1) is 0 Å². The molecule has 7 heteroatoms. The van der Waals surface area contributed by atoms with Crippen molar-refractivity contribution in [2.75, 3.05) is 26.1 Å². The lowest BCUT2D eigenvalue weighted by molar-refractivity contribution is 0.146. The van der Waals surface area contributed by atoms with Gasteiger partial charge in [-0.3, -0.25) is 4.55 Å². The van der Waals surface area contributed by atoms with E-state index in [2.05, 4.69) is 0 Å². The van der Waals surface area contributed by atoms with Crippen molar-refractivity contribution >= 4 is 15.8 Å². The predicted octanol–water partition coefficient (Wildman–Crippen LogP) is 0.541. The van der Waals surface area contributed by atoms with Crippen molar-refractivity contribution in [2.24, 2.45) is 0 Å². The van der Waals surface area contributed by atoms with Gasteiger partial charge in [-0.1, -0.05) is 0 Å². The van der Waals surface area contributed by atoms with Crippen LogP contribution < -0.4 is 10.5 Å². The van der Waals surface area contributed by atoms with Crippen molar-refractivity contribution in [1.82, 2.24) is 0 Å². The number of hydrogen-bond acceptors (Lipinski definition) is 5. The fraction of sp³-hybridized carbons (Fsp3) is 0.333. The molecule has 0 heterocycles. The van der Waals surface area contributed by atoms with Crippen LogP contribution in [0.25, 0.3) is 0 Å². The summed E-state index contributed by atoms with van der Waals surface area (Å²) in [5.74, 6) is 0.351. The summed E-state index contributed by atoms with van der Waals surface area (Å²) in [5.41, 5.74) is 5.70. The van der Waals surface area contributed by atoms with Gasteiger partial charge in [-0.2, -0.15) is 8.42 Å². The molecule has 0 amide bonds. The van der Waals surface area contributed by atoms with Crippen molar-refractivity contribution in [3.8, 4) is 5.75 Å². The van der Waals surface area contributed by atoms with Crippen LogP contribution in [0.15, 0.2) is 23.1 Å². The van der Waals surface area contributed by atoms with Crippen LogP contribution in [0.4, 0.5) is 5.69 Å². The van der Waals surface area contributed by atoms with Gasteiger partial charge in [-0.25, -0.2) is 0 Å². The summed E-state index contributed by atoms with van der Waals surface area (Å²) in [6.45, 7) is 0.714. The minimum Gasteiger partial charge on any atom is -0.489 e. The average Bonchev–Trinajstić information content (AvgIpc) is 2.19. The zero-order valence-corrected chi connectivity index (χ0v) is 9.53. The van der Waals surface area contributed by atoms with E-state index < -0.39 is 10.1 Å². The Balaban J connectivity index is 2.84. The van der Waals surface area contributed by atoms with E-state index in [0.717, 1.165) is 6.07 Å². The van der Waals surface area contributed by atoms with Crippen LogP contribution in [0.2, 0.25) is 0 Å². The Morgan fingerprint density at radius 1 is 1.38 bits per heavy atom. The molecule has 1 rings (SSSR count). The molecule has 0 spiro atoms. The fourth-order valence-electron chi connectivity index (χ4n) is 1.05. The summed E-state index contributed by atoms with van der Waals surface area (Å²) in [6, 6.07) is 3.74. The molecule has 0 saturated carbocycles. The summed E-state index contributed by atoms with van der Waals surface area (Å²) in [6.07, 6.45) is 0. The third-order valence-electron chi connectivity index (χ3n) is 1.82. The summed E-state index contributed by atoms with van der Waals surface area (Å²) < 4.78 is 40.4. The van der Waals surface area contributed by atoms with Gasteiger partial charge in [0.05, 0.1) is 17.2 Å². The molecule has 6 nitrogen and oxygen atoms in total. The van der Waals surface area contributed by atoms with Crippen molar-refractivity contribution in [1.29, 1.82) is 0 Å². The van der Waals surface area contributed by atoms with Gasteiger partial charge in [0.15, 0.2) is 0 Å². The number of benzene rings is 1. The first-order valence-corrected chi connectivity index (χ1v) is 5.88. The van der Waals surface area contributed by atoms with E-state index >= 15 is 0 Å². The Hall–Kier alpha value is -1.31. The van der Waals surface area contributed by atoms with Gasteiger partial charge in [0.2, 0.25) is 0 Å². The van der Waals surface area contributed by atoms with Crippen LogP contribution in [0.3, 0.4) is 0 Å². The smallest absolute Gasteiger partial charge is 0.294 e. The molecule has 0 aliphatic rings. The predicted molar refractivity (Wildman–Crippen MR) is 58.0 cm³/mol. The van der Waals surface area contributed by atoms with Gasteiger partial charge in [0.1, 0.15) is 12.4 Å². The van der Waals surface area contributed by atoms with E-state index in [4.69, 9.17) is 19.8 Å². The molecule has 0 atom stereocenters. The number of hydrogen-bond donors (Lipinski definition) is 2. The molecule has 0 bridgehead atoms. The standard InChI is InChI=1S/C9H13NO5S/c1-14-4-5-15-9-3-2-7(6-8(9)10)16(11,12)13/h2-3,6H,4-5,10H2,1H3,(H,11,12,13). The molecule has 16 heavy (non-hydrogen) atoms. The van der Waals surface area contributed by atoms with Crippen LogP contribution in [-0.4, -0.2) is 33.3 Å². The van der Waals surface area contributed by atoms with E-state index in [1.54, 1.807) is 0 Å². The van der Waals surface area contributed by atoms with E-state index in [1.165, 1.54) is 19.2 Å². The Morgan fingerprint density at radius 2 is 2.06 bits per heavy atom. The highest BCUT2D eigenvalue weighted by molar-refractivity contribution is 7.85. The summed E-state index contributed by atoms with van der Waals surface area (Å²) in [4.78, 5) is -0.260. The first-order valence-electron chi connectivity index (χ1n) is 4.44. The van der Waals surface area contributed by atoms with Crippen LogP contribution in [0.1, 0.15) is 0 Å². The Bertz CT molecular complexity index is 457. The minimum atomic E-state index is -4.23. The fourth-order valence-corrected chi connectivity index (χ4v) is 1.57. The second kappa shape index (κ2) is 5.15. The topological polar surface area (TPSA) is 98.8 Å². The number of anilines is 1. The summed E-state index contributed by atoms with van der Waals surface area (Å²) in [7, 11) is -2.69. The zero-order chi connectivity index (χ0) is 12.2. The molecule has 90 valence electrons. The summed E-state index contributed by atoms with van der Waals surface area (Å²) >= 11 is 0. The molecule has 0 saturated heterocycles. The maximum absolute atomic E-state index is 10.8. The molecule has 3 N–H and O–H groups in total. The van der Waals surface area contributed by atoms with Crippen LogP contribution in [0.5, 0.6) is 5.75 Å². The molecular formula is C9H13NO5S. The summed E-state index contributed by atoms with van der Waals surface area (Å²) in [5, 5.41) is 0. The van der Waals surface area contributed by atoms with E-state index in [9.17, 15) is 8.42 Å². The van der Waals surface area contributed by atoms with Gasteiger partial charge in [0, 0.05) is 7.11 Å². The molecule has 0 aliphatic heterocycles. The van der Waals surface area contributed by atoms with Gasteiger partial charge >= 0.3 is 0 Å².